The van der Waals surface area contributed by atoms with Gasteiger partial charge in [0.2, 0.25) is 11.8 Å². The third kappa shape index (κ3) is 11.6. The number of pyridine rings is 1. The van der Waals surface area contributed by atoms with Crippen LogP contribution in [0.4, 0.5) is 4.79 Å². The molecule has 6 bridgehead atoms. The summed E-state index contributed by atoms with van der Waals surface area (Å²) in [7, 11) is 1.61. The quantitative estimate of drug-likeness (QED) is 0.0608. The van der Waals surface area contributed by atoms with Crippen molar-refractivity contribution in [1.82, 2.24) is 44.9 Å². The standard InChI is InChI=1S/C70H81N9O7/c1-9-77-59-30-29-48-41-55(59)56(63(77)54-27-19-31-71-61(54)45(2)3)42-69(6,7)44-86-67(84)57-28-20-32-79(73-57)65(82)58(39-47-37-49(48)40-53(80)38-47)72-64(81)62(46(4)5)74(8)68(85)76-35-33-75(34-36-76)66(83)60-43-78(60)70(50-21-13-10-14-22-50,51-23-15-11-16-24-51)52-25-17-12-18-26-52/h10-19,21-27,29-31,37-38,40-41,45-46,57-58,60,62,73,80H,9,20,28,32-36,39,42-44H2,1-8H3,(H,72,81)/t57-,58-,60+,62-,78?/m0/s1. The number of fused-ring (bicyclic) bond motifs is 6. The molecule has 0 spiro atoms. The number of carbonyl (C=O) groups is 5. The molecule has 5 aromatic carbocycles. The number of carbonyl (C=O) groups excluding carboxylic acids is 5. The molecule has 16 nitrogen and oxygen atoms in total. The molecule has 5 atom stereocenters. The number of nitrogens with zero attached hydrogens (tertiary/aromatic N) is 7. The van der Waals surface area contributed by atoms with Gasteiger partial charge in [-0.15, -0.1) is 0 Å². The molecule has 1 unspecified atom stereocenters. The van der Waals surface area contributed by atoms with Gasteiger partial charge in [-0.1, -0.05) is 145 Å². The zero-order valence-electron chi connectivity index (χ0n) is 50.8. The largest absolute Gasteiger partial charge is 0.508 e. The number of phenols is 1. The number of likely N-dealkylation sites (N-methyl/N-ethyl adjacent to an activating group) is 1. The van der Waals surface area contributed by atoms with E-state index in [2.05, 4.69) is 109 Å². The van der Waals surface area contributed by atoms with E-state index in [1.165, 1.54) is 9.91 Å². The van der Waals surface area contributed by atoms with Crippen molar-refractivity contribution in [3.63, 3.8) is 0 Å². The van der Waals surface area contributed by atoms with E-state index in [0.29, 0.717) is 51.0 Å². The van der Waals surface area contributed by atoms with E-state index in [1.54, 1.807) is 24.1 Å². The van der Waals surface area contributed by atoms with Crippen LogP contribution in [0.25, 0.3) is 33.3 Å². The summed E-state index contributed by atoms with van der Waals surface area (Å²) < 4.78 is 8.52. The van der Waals surface area contributed by atoms with Crippen molar-refractivity contribution >= 4 is 40.6 Å². The number of nitrogens with one attached hydrogen (secondary N) is 2. The number of hydrogen-bond donors (Lipinski definition) is 3. The van der Waals surface area contributed by atoms with Gasteiger partial charge in [-0.05, 0) is 113 Å². The number of aryl methyl sites for hydroxylation is 1. The minimum atomic E-state index is -1.19. The first kappa shape index (κ1) is 59.4. The zero-order chi connectivity index (χ0) is 60.6. The molecular formula is C70H81N9O7. The van der Waals surface area contributed by atoms with Crippen LogP contribution >= 0.6 is 0 Å². The summed E-state index contributed by atoms with van der Waals surface area (Å²) >= 11 is 0. The molecular weight excluding hydrogens is 1080 g/mol. The number of urea groups is 1. The molecule has 6 heterocycles. The number of ether oxygens (including phenoxy) is 1. The molecule has 7 aromatic rings. The van der Waals surface area contributed by atoms with Crippen LogP contribution in [0.3, 0.4) is 0 Å². The maximum atomic E-state index is 15.0. The molecule has 448 valence electrons. The summed E-state index contributed by atoms with van der Waals surface area (Å²) in [5.41, 5.74) is 12.5. The third-order valence-electron chi connectivity index (χ3n) is 17.9. The summed E-state index contributed by atoms with van der Waals surface area (Å²) in [4.78, 5) is 85.6. The van der Waals surface area contributed by atoms with E-state index in [4.69, 9.17) is 9.72 Å². The first-order valence-corrected chi connectivity index (χ1v) is 30.6. The number of piperazine rings is 1. The normalized spacial score (nSPS) is 20.3. The van der Waals surface area contributed by atoms with Crippen molar-refractivity contribution in [2.24, 2.45) is 11.3 Å². The van der Waals surface area contributed by atoms with E-state index in [-0.39, 0.29) is 68.2 Å². The van der Waals surface area contributed by atoms with Crippen molar-refractivity contribution in [3.05, 3.63) is 179 Å². The van der Waals surface area contributed by atoms with Gasteiger partial charge >= 0.3 is 12.0 Å². The predicted octanol–water partition coefficient (Wildman–Crippen LogP) is 9.76. The van der Waals surface area contributed by atoms with Crippen LogP contribution < -0.4 is 10.7 Å². The lowest BCUT2D eigenvalue weighted by Gasteiger charge is -2.40. The fourth-order valence-electron chi connectivity index (χ4n) is 13.7. The van der Waals surface area contributed by atoms with E-state index in [0.717, 1.165) is 61.2 Å². The first-order valence-electron chi connectivity index (χ1n) is 30.6. The van der Waals surface area contributed by atoms with Gasteiger partial charge in [-0.2, -0.15) is 0 Å². The molecule has 3 fully saturated rings. The molecule has 16 heteroatoms. The summed E-state index contributed by atoms with van der Waals surface area (Å²) in [5, 5.41) is 17.0. The molecule has 4 aliphatic rings. The molecule has 11 rings (SSSR count). The molecule has 2 aromatic heterocycles. The van der Waals surface area contributed by atoms with Gasteiger partial charge in [-0.25, -0.2) is 10.2 Å². The van der Waals surface area contributed by atoms with Gasteiger partial charge in [-0.3, -0.25) is 34.1 Å². The maximum absolute atomic E-state index is 15.0. The number of cyclic esters (lactones) is 1. The van der Waals surface area contributed by atoms with Crippen LogP contribution in [-0.2, 0) is 48.8 Å². The summed E-state index contributed by atoms with van der Waals surface area (Å²) in [6, 6.07) is 42.9. The Morgan fingerprint density at radius 2 is 1.44 bits per heavy atom. The summed E-state index contributed by atoms with van der Waals surface area (Å²) in [5.74, 6) is -1.71. The van der Waals surface area contributed by atoms with Crippen LogP contribution in [0.2, 0.25) is 0 Å². The van der Waals surface area contributed by atoms with Crippen LogP contribution in [0.5, 0.6) is 5.75 Å². The van der Waals surface area contributed by atoms with Crippen LogP contribution in [0, 0.1) is 11.3 Å². The number of phenolic OH excluding ortho intramolecular Hbond substituents is 1. The third-order valence-corrected chi connectivity index (χ3v) is 17.9. The molecule has 3 N–H and O–H groups in total. The van der Waals surface area contributed by atoms with Crippen molar-refractivity contribution in [1.29, 1.82) is 0 Å². The fraction of sp³-hybridized carbons (Fsp3) is 0.400. The van der Waals surface area contributed by atoms with E-state index in [1.807, 2.05) is 97.7 Å². The molecule has 3 saturated heterocycles. The van der Waals surface area contributed by atoms with Gasteiger partial charge in [0, 0.05) is 87.4 Å². The van der Waals surface area contributed by atoms with Crippen molar-refractivity contribution in [2.75, 3.05) is 52.9 Å². The molecule has 0 aliphatic carbocycles. The minimum Gasteiger partial charge on any atom is -0.508 e. The fourth-order valence-corrected chi connectivity index (χ4v) is 13.7. The Bertz CT molecular complexity index is 3540. The number of hydrogen-bond acceptors (Lipinski definition) is 10. The lowest BCUT2D eigenvalue weighted by Crippen LogP contribution is -2.63. The highest BCUT2D eigenvalue weighted by molar-refractivity contribution is 5.96. The van der Waals surface area contributed by atoms with Crippen LogP contribution in [0.1, 0.15) is 101 Å². The van der Waals surface area contributed by atoms with Gasteiger partial charge in [0.15, 0.2) is 0 Å². The van der Waals surface area contributed by atoms with E-state index >= 15 is 4.79 Å². The Morgan fingerprint density at radius 1 is 0.802 bits per heavy atom. The molecule has 86 heavy (non-hydrogen) atoms. The van der Waals surface area contributed by atoms with Crippen molar-refractivity contribution in [2.45, 2.75) is 116 Å². The summed E-state index contributed by atoms with van der Waals surface area (Å²) in [6.07, 6.45) is 3.33. The van der Waals surface area contributed by atoms with E-state index in [9.17, 15) is 24.3 Å². The first-order chi connectivity index (χ1) is 41.4. The number of amides is 5. The Kier molecular flexibility index (Phi) is 17.0. The highest BCUT2D eigenvalue weighted by Crippen LogP contribution is 2.49. The Morgan fingerprint density at radius 3 is 2.06 bits per heavy atom. The molecule has 5 amide bonds. The van der Waals surface area contributed by atoms with E-state index < -0.39 is 46.9 Å². The highest BCUT2D eigenvalue weighted by Gasteiger charge is 2.57. The van der Waals surface area contributed by atoms with Gasteiger partial charge < -0.3 is 34.4 Å². The number of benzene rings is 5. The number of aromatic hydroxyl groups is 1. The monoisotopic (exact) mass is 1160 g/mol. The number of aromatic nitrogens is 2. The van der Waals surface area contributed by atoms with Crippen molar-refractivity contribution in [3.8, 4) is 28.1 Å². The zero-order valence-corrected chi connectivity index (χ0v) is 50.8. The van der Waals surface area contributed by atoms with Crippen LogP contribution in [0.15, 0.2) is 146 Å². The Hall–Kier alpha value is -8.34. The molecule has 4 aliphatic heterocycles. The lowest BCUT2D eigenvalue weighted by atomic mass is 9.76. The second-order valence-electron chi connectivity index (χ2n) is 25.2. The highest BCUT2D eigenvalue weighted by atomic mass is 16.5. The number of rotatable bonds is 12. The molecule has 0 saturated carbocycles. The van der Waals surface area contributed by atoms with Crippen molar-refractivity contribution < 1.29 is 33.8 Å². The Labute approximate surface area is 505 Å². The number of esters is 1. The average molecular weight is 1160 g/mol. The average Bonchev–Trinajstić information content (AvgIpc) is 1.56. The van der Waals surface area contributed by atoms with Crippen LogP contribution in [-0.4, -0.2) is 146 Å². The second kappa shape index (κ2) is 24.6. The van der Waals surface area contributed by atoms with Gasteiger partial charge in [0.25, 0.3) is 5.91 Å². The summed E-state index contributed by atoms with van der Waals surface area (Å²) in [6.45, 7) is 17.2. The Balaban J connectivity index is 0.847. The predicted molar refractivity (Wildman–Crippen MR) is 334 cm³/mol. The topological polar surface area (TPSA) is 173 Å². The lowest BCUT2D eigenvalue weighted by molar-refractivity contribution is -0.155. The number of hydrazine groups is 1. The van der Waals surface area contributed by atoms with Gasteiger partial charge in [0.05, 0.1) is 23.5 Å². The second-order valence-corrected chi connectivity index (χ2v) is 25.2. The SMILES string of the molecule is CCn1c(-c2cccnc2C(C)C)c2c3cc(ccc31)-c1cc(O)cc(c1)C[C@H](NC(=O)[C@H](C(C)C)N(C)C(=O)N1CCN(C(=O)[C@H]3CN3C(c3ccccc3)(c3ccccc3)c3ccccc3)CC1)C(=O)N1CCC[C@H](N1)C(=O)OCC(C)(C)C2. The van der Waals surface area contributed by atoms with Gasteiger partial charge in [0.1, 0.15) is 29.9 Å². The molecule has 0 radical (unpaired) electrons. The maximum Gasteiger partial charge on any atom is 0.324 e. The smallest absolute Gasteiger partial charge is 0.324 e. The minimum absolute atomic E-state index is 0.00477.